The summed E-state index contributed by atoms with van der Waals surface area (Å²) in [6.07, 6.45) is 1.06. The van der Waals surface area contributed by atoms with Crippen molar-refractivity contribution in [3.05, 3.63) is 22.7 Å². The molecule has 0 amide bonds. The molecule has 0 fully saturated rings. The van der Waals surface area contributed by atoms with Crippen LogP contribution in [0.4, 0.5) is 5.69 Å². The highest BCUT2D eigenvalue weighted by molar-refractivity contribution is 9.10. The molecule has 0 bridgehead atoms. The molecule has 0 saturated carbocycles. The molecule has 72 valence electrons. The van der Waals surface area contributed by atoms with Crippen LogP contribution >= 0.6 is 15.9 Å². The molecule has 0 unspecified atom stereocenters. The van der Waals surface area contributed by atoms with Crippen LogP contribution in [-0.2, 0) is 10.0 Å². The minimum atomic E-state index is -3.27. The standard InChI is InChI=1S/C7H8BrNO3S/c1-13(11,12)9-7-3-2-5(10)4-6(7)8/h2-4,9-10H,1H3. The fourth-order valence-corrected chi connectivity index (χ4v) is 1.96. The Morgan fingerprint density at radius 1 is 1.46 bits per heavy atom. The highest BCUT2D eigenvalue weighted by Crippen LogP contribution is 2.26. The fourth-order valence-electron chi connectivity index (χ4n) is 0.787. The zero-order valence-electron chi connectivity index (χ0n) is 6.78. The van der Waals surface area contributed by atoms with Crippen LogP contribution in [0.2, 0.25) is 0 Å². The molecule has 0 aliphatic heterocycles. The largest absolute Gasteiger partial charge is 0.508 e. The van der Waals surface area contributed by atoms with Gasteiger partial charge in [0.05, 0.1) is 11.9 Å². The Morgan fingerprint density at radius 2 is 2.08 bits per heavy atom. The van der Waals surface area contributed by atoms with Crippen molar-refractivity contribution in [1.82, 2.24) is 0 Å². The van der Waals surface area contributed by atoms with Crippen LogP contribution in [0, 0.1) is 0 Å². The third kappa shape index (κ3) is 3.23. The summed E-state index contributed by atoms with van der Waals surface area (Å²) in [6, 6.07) is 4.28. The second-order valence-electron chi connectivity index (χ2n) is 2.54. The topological polar surface area (TPSA) is 66.4 Å². The lowest BCUT2D eigenvalue weighted by molar-refractivity contribution is 0.475. The van der Waals surface area contributed by atoms with E-state index in [-0.39, 0.29) is 5.75 Å². The van der Waals surface area contributed by atoms with Crippen molar-refractivity contribution in [3.8, 4) is 5.75 Å². The SMILES string of the molecule is CS(=O)(=O)Nc1ccc(O)cc1Br. The van der Waals surface area contributed by atoms with Crippen LogP contribution < -0.4 is 4.72 Å². The van der Waals surface area contributed by atoms with Gasteiger partial charge in [0.1, 0.15) is 5.75 Å². The van der Waals surface area contributed by atoms with Gasteiger partial charge in [-0.05, 0) is 34.1 Å². The van der Waals surface area contributed by atoms with Crippen LogP contribution in [0.1, 0.15) is 0 Å². The molecule has 0 aliphatic carbocycles. The number of hydrogen-bond acceptors (Lipinski definition) is 3. The first kappa shape index (κ1) is 10.3. The van der Waals surface area contributed by atoms with E-state index in [1.807, 2.05) is 0 Å². The van der Waals surface area contributed by atoms with E-state index in [9.17, 15) is 8.42 Å². The first-order valence-corrected chi connectivity index (χ1v) is 6.03. The number of rotatable bonds is 2. The van der Waals surface area contributed by atoms with Gasteiger partial charge in [-0.15, -0.1) is 0 Å². The zero-order valence-corrected chi connectivity index (χ0v) is 9.18. The quantitative estimate of drug-likeness (QED) is 0.798. The number of sulfonamides is 1. The van der Waals surface area contributed by atoms with Crippen molar-refractivity contribution in [2.45, 2.75) is 0 Å². The number of aromatic hydroxyl groups is 1. The zero-order chi connectivity index (χ0) is 10.1. The Kier molecular flexibility index (Phi) is 2.82. The monoisotopic (exact) mass is 265 g/mol. The summed E-state index contributed by atoms with van der Waals surface area (Å²) in [5.41, 5.74) is 0.403. The van der Waals surface area contributed by atoms with Crippen molar-refractivity contribution in [2.75, 3.05) is 11.0 Å². The molecule has 0 heterocycles. The van der Waals surface area contributed by atoms with E-state index in [1.54, 1.807) is 0 Å². The molecule has 0 aromatic heterocycles. The van der Waals surface area contributed by atoms with Crippen LogP contribution in [0.15, 0.2) is 22.7 Å². The Bertz CT molecular complexity index is 416. The molecule has 1 aromatic rings. The van der Waals surface area contributed by atoms with Crippen molar-refractivity contribution in [3.63, 3.8) is 0 Å². The van der Waals surface area contributed by atoms with Crippen molar-refractivity contribution >= 4 is 31.6 Å². The summed E-state index contributed by atoms with van der Waals surface area (Å²) in [4.78, 5) is 0. The Labute approximate surface area is 84.8 Å². The number of phenolic OH excluding ortho intramolecular Hbond substituents is 1. The van der Waals surface area contributed by atoms with Crippen molar-refractivity contribution < 1.29 is 13.5 Å². The second-order valence-corrected chi connectivity index (χ2v) is 5.14. The average Bonchev–Trinajstić information content (AvgIpc) is 1.93. The molecule has 0 radical (unpaired) electrons. The number of nitrogens with one attached hydrogen (secondary N) is 1. The average molecular weight is 266 g/mol. The van der Waals surface area contributed by atoms with E-state index >= 15 is 0 Å². The molecule has 6 heteroatoms. The lowest BCUT2D eigenvalue weighted by atomic mass is 10.3. The molecule has 0 saturated heterocycles. The normalized spacial score (nSPS) is 11.2. The number of halogens is 1. The van der Waals surface area contributed by atoms with Gasteiger partial charge >= 0.3 is 0 Å². The van der Waals surface area contributed by atoms with E-state index in [0.29, 0.717) is 10.2 Å². The minimum absolute atomic E-state index is 0.0749. The van der Waals surface area contributed by atoms with E-state index in [1.165, 1.54) is 18.2 Å². The van der Waals surface area contributed by atoms with Crippen molar-refractivity contribution in [2.24, 2.45) is 0 Å². The van der Waals surface area contributed by atoms with Gasteiger partial charge in [-0.3, -0.25) is 4.72 Å². The third-order valence-electron chi connectivity index (χ3n) is 1.25. The molecule has 0 aliphatic rings. The summed E-state index contributed by atoms with van der Waals surface area (Å²) in [6.45, 7) is 0. The smallest absolute Gasteiger partial charge is 0.229 e. The first-order valence-electron chi connectivity index (χ1n) is 3.35. The van der Waals surface area contributed by atoms with Crippen LogP contribution in [0.3, 0.4) is 0 Å². The Morgan fingerprint density at radius 3 is 2.54 bits per heavy atom. The van der Waals surface area contributed by atoms with E-state index in [2.05, 4.69) is 20.7 Å². The number of anilines is 1. The number of hydrogen-bond donors (Lipinski definition) is 2. The maximum absolute atomic E-state index is 10.8. The highest BCUT2D eigenvalue weighted by atomic mass is 79.9. The molecule has 1 aromatic carbocycles. The second kappa shape index (κ2) is 3.55. The van der Waals surface area contributed by atoms with Gasteiger partial charge in [0.2, 0.25) is 10.0 Å². The summed E-state index contributed by atoms with van der Waals surface area (Å²) in [5, 5.41) is 9.03. The maximum atomic E-state index is 10.8. The van der Waals surface area contributed by atoms with Gasteiger partial charge in [0.25, 0.3) is 0 Å². The molecule has 0 atom stereocenters. The maximum Gasteiger partial charge on any atom is 0.229 e. The molecule has 1 rings (SSSR count). The summed E-state index contributed by atoms with van der Waals surface area (Å²) in [5.74, 6) is 0.0749. The third-order valence-corrected chi connectivity index (χ3v) is 2.49. The Hall–Kier alpha value is -0.750. The van der Waals surface area contributed by atoms with E-state index in [4.69, 9.17) is 5.11 Å². The highest BCUT2D eigenvalue weighted by Gasteiger charge is 2.05. The van der Waals surface area contributed by atoms with Gasteiger partial charge in [-0.25, -0.2) is 8.42 Å². The summed E-state index contributed by atoms with van der Waals surface area (Å²) in [7, 11) is -3.27. The molecule has 0 spiro atoms. The van der Waals surface area contributed by atoms with Crippen LogP contribution in [-0.4, -0.2) is 19.8 Å². The molecular formula is C7H8BrNO3S. The van der Waals surface area contributed by atoms with Crippen LogP contribution in [0.25, 0.3) is 0 Å². The fraction of sp³-hybridized carbons (Fsp3) is 0.143. The Balaban J connectivity index is 3.04. The van der Waals surface area contributed by atoms with Gasteiger partial charge in [0, 0.05) is 4.47 Å². The molecular weight excluding hydrogens is 258 g/mol. The van der Waals surface area contributed by atoms with Gasteiger partial charge < -0.3 is 5.11 Å². The van der Waals surface area contributed by atoms with Gasteiger partial charge in [-0.1, -0.05) is 0 Å². The number of benzene rings is 1. The summed E-state index contributed by atoms with van der Waals surface area (Å²) >= 11 is 3.11. The van der Waals surface area contributed by atoms with Gasteiger partial charge in [0.15, 0.2) is 0 Å². The lowest BCUT2D eigenvalue weighted by Gasteiger charge is -2.05. The van der Waals surface area contributed by atoms with Crippen LogP contribution in [0.5, 0.6) is 5.75 Å². The predicted molar refractivity (Wildman–Crippen MR) is 54.3 cm³/mol. The van der Waals surface area contributed by atoms with E-state index < -0.39 is 10.0 Å². The first-order chi connectivity index (χ1) is 5.88. The van der Waals surface area contributed by atoms with E-state index in [0.717, 1.165) is 6.26 Å². The number of phenols is 1. The predicted octanol–water partition coefficient (Wildman–Crippen LogP) is 1.53. The minimum Gasteiger partial charge on any atom is -0.508 e. The summed E-state index contributed by atoms with van der Waals surface area (Å²) < 4.78 is 24.5. The lowest BCUT2D eigenvalue weighted by Crippen LogP contribution is -2.09. The van der Waals surface area contributed by atoms with Crippen molar-refractivity contribution in [1.29, 1.82) is 0 Å². The van der Waals surface area contributed by atoms with Gasteiger partial charge in [-0.2, -0.15) is 0 Å². The molecule has 4 nitrogen and oxygen atoms in total. The molecule has 2 N–H and O–H groups in total. The molecule has 13 heavy (non-hydrogen) atoms.